The number of hydrogen-bond donors (Lipinski definition) is 0. The predicted molar refractivity (Wildman–Crippen MR) is 348 cm³/mol. The first-order chi connectivity index (χ1) is 41.4. The number of hydrogen-bond acceptors (Lipinski definition) is 4. The second-order valence-electron chi connectivity index (χ2n) is 23.0. The van der Waals surface area contributed by atoms with Crippen LogP contribution in [0.1, 0.15) is 25.0 Å². The molecular weight excluding hydrogens is 1020 g/mol. The third kappa shape index (κ3) is 6.63. The maximum Gasteiger partial charge on any atom is 0.168 e. The van der Waals surface area contributed by atoms with Crippen molar-refractivity contribution in [3.63, 3.8) is 0 Å². The number of aromatic nitrogens is 5. The summed E-state index contributed by atoms with van der Waals surface area (Å²) in [6, 6.07) is 96.8. The van der Waals surface area contributed by atoms with Crippen LogP contribution in [0, 0.1) is 0 Å². The minimum Gasteiger partial charge on any atom is -0.456 e. The first-order valence-electron chi connectivity index (χ1n) is 28.8. The molecule has 394 valence electrons. The lowest BCUT2D eigenvalue weighted by Gasteiger charge is -2.26. The van der Waals surface area contributed by atoms with Gasteiger partial charge in [-0.3, -0.25) is 9.47 Å². The normalized spacial score (nSPS) is 13.0. The molecule has 1 aliphatic rings. The molecule has 0 N–H and O–H groups in total. The van der Waals surface area contributed by atoms with Crippen LogP contribution in [0.4, 0.5) is 17.2 Å². The minimum atomic E-state index is -0.183. The molecule has 18 rings (SSSR count). The van der Waals surface area contributed by atoms with Crippen molar-refractivity contribution in [3.8, 4) is 39.4 Å². The fourth-order valence-corrected chi connectivity index (χ4v) is 14.2. The van der Waals surface area contributed by atoms with E-state index in [1.54, 1.807) is 0 Å². The van der Waals surface area contributed by atoms with E-state index in [0.717, 1.165) is 116 Å². The Morgan fingerprint density at radius 1 is 0.321 bits per heavy atom. The highest BCUT2D eigenvalue weighted by atomic mass is 16.3. The highest BCUT2D eigenvalue weighted by Crippen LogP contribution is 2.52. The zero-order chi connectivity index (χ0) is 55.4. The number of nitrogens with zero attached hydrogens (tertiary/aromatic N) is 6. The topological polar surface area (TPSA) is 57.0 Å². The maximum atomic E-state index is 6.26. The van der Waals surface area contributed by atoms with Gasteiger partial charge in [0.25, 0.3) is 0 Å². The molecule has 0 bridgehead atoms. The van der Waals surface area contributed by atoms with Crippen LogP contribution in [0.15, 0.2) is 271 Å². The van der Waals surface area contributed by atoms with E-state index in [0.29, 0.717) is 5.82 Å². The first kappa shape index (κ1) is 46.7. The van der Waals surface area contributed by atoms with Gasteiger partial charge in [-0.1, -0.05) is 166 Å². The van der Waals surface area contributed by atoms with Crippen LogP contribution in [0.3, 0.4) is 0 Å². The summed E-state index contributed by atoms with van der Waals surface area (Å²) in [6.45, 7) is 4.73. The van der Waals surface area contributed by atoms with Crippen molar-refractivity contribution in [2.45, 2.75) is 19.3 Å². The zero-order valence-corrected chi connectivity index (χ0v) is 46.0. The summed E-state index contributed by atoms with van der Waals surface area (Å²) in [7, 11) is 0. The van der Waals surface area contributed by atoms with Crippen LogP contribution in [0.5, 0.6) is 0 Å². The second-order valence-corrected chi connectivity index (χ2v) is 23.0. The molecule has 0 spiro atoms. The molecule has 7 nitrogen and oxygen atoms in total. The average Bonchev–Trinajstić information content (AvgIpc) is 2.04. The van der Waals surface area contributed by atoms with E-state index in [1.165, 1.54) is 43.8 Å². The first-order valence-corrected chi connectivity index (χ1v) is 28.8. The van der Waals surface area contributed by atoms with Gasteiger partial charge in [-0.05, 0) is 149 Å². The smallest absolute Gasteiger partial charge is 0.168 e. The lowest BCUT2D eigenvalue weighted by Crippen LogP contribution is -2.15. The van der Waals surface area contributed by atoms with Gasteiger partial charge in [0.2, 0.25) is 0 Å². The van der Waals surface area contributed by atoms with E-state index in [4.69, 9.17) is 14.6 Å². The summed E-state index contributed by atoms with van der Waals surface area (Å²) in [5, 5.41) is 22.2. The quantitative estimate of drug-likeness (QED) is 0.160. The summed E-state index contributed by atoms with van der Waals surface area (Å²) in [6.07, 6.45) is 0. The van der Waals surface area contributed by atoms with E-state index < -0.39 is 0 Å². The number of benzene rings is 12. The lowest BCUT2D eigenvalue weighted by atomic mass is 9.82. The molecule has 0 radical (unpaired) electrons. The van der Waals surface area contributed by atoms with Gasteiger partial charge in [0.15, 0.2) is 11.6 Å². The Labute approximate surface area is 482 Å². The van der Waals surface area contributed by atoms with E-state index >= 15 is 0 Å². The molecule has 0 unspecified atom stereocenters. The summed E-state index contributed by atoms with van der Waals surface area (Å²) < 4.78 is 13.4. The highest BCUT2D eigenvalue weighted by molar-refractivity contribution is 6.16. The Morgan fingerprint density at radius 3 is 1.65 bits per heavy atom. The van der Waals surface area contributed by atoms with Crippen LogP contribution in [0.25, 0.3) is 138 Å². The van der Waals surface area contributed by atoms with Crippen molar-refractivity contribution in [2.24, 2.45) is 0 Å². The predicted octanol–water partition coefficient (Wildman–Crippen LogP) is 20.3. The fourth-order valence-electron chi connectivity index (χ4n) is 14.2. The molecule has 1 aliphatic carbocycles. The highest BCUT2D eigenvalue weighted by Gasteiger charge is 2.36. The molecule has 12 aromatic carbocycles. The number of anilines is 3. The summed E-state index contributed by atoms with van der Waals surface area (Å²) in [5.41, 5.74) is 19.9. The molecule has 5 aromatic heterocycles. The van der Waals surface area contributed by atoms with Crippen molar-refractivity contribution in [2.75, 3.05) is 4.90 Å². The van der Waals surface area contributed by atoms with Gasteiger partial charge in [0.1, 0.15) is 11.2 Å². The number of furan rings is 1. The van der Waals surface area contributed by atoms with Crippen LogP contribution in [-0.4, -0.2) is 23.9 Å². The van der Waals surface area contributed by atoms with Crippen molar-refractivity contribution in [1.29, 1.82) is 0 Å². The standard InChI is InChI=1S/C77H50N6O/c1-77(2)65-28-14-9-23-53(65)60-45-62-56-26-11-16-30-68(56)82(72(62)46-66(60)77)51-36-38-59-64(43-51)76(80(49-19-5-3-6-20-49)52-35-37-57-54-24-10-15-29-67(54)81(71(57)44-52)50-21-7-4-8-22-50)79-78-75(59)83-69-31-17-12-25-55(69)61-41-47(33-39-70(61)83)48-34-40-74-63(42-48)58-27-13-18-32-73(58)84-74/h3-46H,1-2H3. The molecule has 5 heterocycles. The van der Waals surface area contributed by atoms with Crippen LogP contribution in [-0.2, 0) is 5.41 Å². The van der Waals surface area contributed by atoms with E-state index in [2.05, 4.69) is 287 Å². The van der Waals surface area contributed by atoms with Crippen LogP contribution < -0.4 is 4.90 Å². The monoisotopic (exact) mass is 1070 g/mol. The third-order valence-corrected chi connectivity index (χ3v) is 18.1. The van der Waals surface area contributed by atoms with Gasteiger partial charge in [-0.2, -0.15) is 0 Å². The summed E-state index contributed by atoms with van der Waals surface area (Å²) >= 11 is 0. The number of fused-ring (bicyclic) bond motifs is 16. The van der Waals surface area contributed by atoms with Gasteiger partial charge in [-0.15, -0.1) is 10.2 Å². The van der Waals surface area contributed by atoms with E-state index in [1.807, 2.05) is 12.1 Å². The van der Waals surface area contributed by atoms with E-state index in [9.17, 15) is 0 Å². The van der Waals surface area contributed by atoms with Gasteiger partial charge in [0.05, 0.1) is 33.1 Å². The van der Waals surface area contributed by atoms with Crippen molar-refractivity contribution in [1.82, 2.24) is 23.9 Å². The molecule has 84 heavy (non-hydrogen) atoms. The number of para-hydroxylation sites is 6. The molecule has 7 heteroatoms. The molecule has 0 amide bonds. The minimum absolute atomic E-state index is 0.183. The zero-order valence-electron chi connectivity index (χ0n) is 46.0. The van der Waals surface area contributed by atoms with Crippen LogP contribution in [0.2, 0.25) is 0 Å². The van der Waals surface area contributed by atoms with Crippen molar-refractivity contribution >= 4 is 115 Å². The average molecular weight is 1080 g/mol. The Morgan fingerprint density at radius 2 is 0.881 bits per heavy atom. The SMILES string of the molecule is CC1(C)c2ccccc2-c2cc3c4ccccc4n(-c4ccc5c(-n6c7ccccc7c7cc(-c8ccc9oc%10ccccc%10c9c8)ccc76)nnc(N(c6ccccc6)c6ccc7c8ccccc8n(-c8ccccc8)c7c6)c5c4)c3cc21. The summed E-state index contributed by atoms with van der Waals surface area (Å²) in [4.78, 5) is 2.30. The Hall–Kier alpha value is -11.0. The Bertz CT molecular complexity index is 5610. The molecule has 17 aromatic rings. The summed E-state index contributed by atoms with van der Waals surface area (Å²) in [5.74, 6) is 1.46. The van der Waals surface area contributed by atoms with E-state index in [-0.39, 0.29) is 5.41 Å². The molecule has 0 aliphatic heterocycles. The Kier molecular flexibility index (Phi) is 9.73. The van der Waals surface area contributed by atoms with Crippen molar-refractivity contribution < 1.29 is 4.42 Å². The van der Waals surface area contributed by atoms with Crippen molar-refractivity contribution in [3.05, 3.63) is 278 Å². The Balaban J connectivity index is 0.903. The second kappa shape index (κ2) is 17.5. The molecule has 0 fully saturated rings. The third-order valence-electron chi connectivity index (χ3n) is 18.1. The maximum absolute atomic E-state index is 6.26. The van der Waals surface area contributed by atoms with Gasteiger partial charge < -0.3 is 13.6 Å². The number of rotatable bonds is 7. The lowest BCUT2D eigenvalue weighted by molar-refractivity contribution is 0.661. The van der Waals surface area contributed by atoms with Gasteiger partial charge >= 0.3 is 0 Å². The van der Waals surface area contributed by atoms with Gasteiger partial charge in [0, 0.05) is 82.0 Å². The molecule has 0 saturated heterocycles. The molecular formula is C77H50N6O. The largest absolute Gasteiger partial charge is 0.456 e. The van der Waals surface area contributed by atoms with Crippen LogP contribution >= 0.6 is 0 Å². The molecule has 0 atom stereocenters. The fraction of sp³-hybridized carbons (Fsp3) is 0.0390. The molecule has 0 saturated carbocycles. The van der Waals surface area contributed by atoms with Gasteiger partial charge in [-0.25, -0.2) is 0 Å².